The Balaban J connectivity index is 1.94. The molecule has 0 aromatic heterocycles. The zero-order chi connectivity index (χ0) is 12.0. The molecule has 1 spiro atoms. The van der Waals surface area contributed by atoms with E-state index in [-0.39, 0.29) is 17.4 Å². The average molecular weight is 299 g/mol. The fourth-order valence-electron chi connectivity index (χ4n) is 2.44. The summed E-state index contributed by atoms with van der Waals surface area (Å²) in [5.74, 6) is -0.487. The normalized spacial score (nSPS) is 25.8. The SMILES string of the molecule is O=C1NC2(CCC2)N[C@H]1c1cc(Br)ccc1F. The second-order valence-electron chi connectivity index (χ2n) is 4.67. The third kappa shape index (κ3) is 1.77. The quantitative estimate of drug-likeness (QED) is 0.835. The van der Waals surface area contributed by atoms with Gasteiger partial charge >= 0.3 is 0 Å². The first-order valence-corrected chi connectivity index (χ1v) is 6.44. The van der Waals surface area contributed by atoms with Gasteiger partial charge < -0.3 is 5.32 Å². The summed E-state index contributed by atoms with van der Waals surface area (Å²) < 4.78 is 14.5. The summed E-state index contributed by atoms with van der Waals surface area (Å²) in [4.78, 5) is 11.9. The van der Waals surface area contributed by atoms with E-state index in [0.29, 0.717) is 5.56 Å². The van der Waals surface area contributed by atoms with E-state index in [2.05, 4.69) is 26.6 Å². The summed E-state index contributed by atoms with van der Waals surface area (Å²) in [5, 5.41) is 6.15. The Morgan fingerprint density at radius 2 is 2.18 bits per heavy atom. The largest absolute Gasteiger partial charge is 0.336 e. The number of amides is 1. The number of nitrogens with one attached hydrogen (secondary N) is 2. The number of carbonyl (C=O) groups is 1. The molecule has 2 N–H and O–H groups in total. The third-order valence-corrected chi connectivity index (χ3v) is 4.01. The Labute approximate surface area is 107 Å². The van der Waals surface area contributed by atoms with Gasteiger partial charge in [0.25, 0.3) is 0 Å². The van der Waals surface area contributed by atoms with Crippen molar-refractivity contribution in [1.29, 1.82) is 0 Å². The van der Waals surface area contributed by atoms with Crippen molar-refractivity contribution in [2.24, 2.45) is 0 Å². The summed E-state index contributed by atoms with van der Waals surface area (Å²) in [6.45, 7) is 0. The number of hydrogen-bond donors (Lipinski definition) is 2. The van der Waals surface area contributed by atoms with E-state index in [4.69, 9.17) is 0 Å². The molecule has 5 heteroatoms. The van der Waals surface area contributed by atoms with Crippen LogP contribution in [0.5, 0.6) is 0 Å². The second-order valence-corrected chi connectivity index (χ2v) is 5.58. The molecule has 1 saturated heterocycles. The summed E-state index contributed by atoms with van der Waals surface area (Å²) >= 11 is 3.30. The fourth-order valence-corrected chi connectivity index (χ4v) is 2.82. The lowest BCUT2D eigenvalue weighted by molar-refractivity contribution is -0.121. The van der Waals surface area contributed by atoms with Crippen molar-refractivity contribution in [3.63, 3.8) is 0 Å². The van der Waals surface area contributed by atoms with E-state index >= 15 is 0 Å². The maximum Gasteiger partial charge on any atom is 0.243 e. The topological polar surface area (TPSA) is 41.1 Å². The van der Waals surface area contributed by atoms with Crippen LogP contribution in [0.1, 0.15) is 30.9 Å². The van der Waals surface area contributed by atoms with Crippen LogP contribution < -0.4 is 10.6 Å². The van der Waals surface area contributed by atoms with Gasteiger partial charge in [0.05, 0.1) is 5.66 Å². The molecule has 90 valence electrons. The lowest BCUT2D eigenvalue weighted by Gasteiger charge is -2.38. The lowest BCUT2D eigenvalue weighted by Crippen LogP contribution is -2.55. The van der Waals surface area contributed by atoms with Crippen LogP contribution in [0.2, 0.25) is 0 Å². The predicted molar refractivity (Wildman–Crippen MR) is 64.7 cm³/mol. The highest BCUT2D eigenvalue weighted by atomic mass is 79.9. The van der Waals surface area contributed by atoms with Crippen LogP contribution in [0.25, 0.3) is 0 Å². The highest BCUT2D eigenvalue weighted by molar-refractivity contribution is 9.10. The molecule has 0 unspecified atom stereocenters. The van der Waals surface area contributed by atoms with E-state index in [1.807, 2.05) is 0 Å². The molecular formula is C12H12BrFN2O. The van der Waals surface area contributed by atoms with Gasteiger partial charge in [-0.3, -0.25) is 10.1 Å². The van der Waals surface area contributed by atoms with Gasteiger partial charge in [-0.2, -0.15) is 0 Å². The molecule has 0 bridgehead atoms. The molecule has 2 fully saturated rings. The van der Waals surface area contributed by atoms with Crippen LogP contribution in [0, 0.1) is 5.82 Å². The Kier molecular flexibility index (Phi) is 2.48. The van der Waals surface area contributed by atoms with Crippen molar-refractivity contribution >= 4 is 21.8 Å². The van der Waals surface area contributed by atoms with E-state index in [1.54, 1.807) is 12.1 Å². The standard InChI is InChI=1S/C12H12BrFN2O/c13-7-2-3-9(14)8(6-7)10-11(17)16-12(15-10)4-1-5-12/h2-3,6,10,15H,1,4-5H2,(H,16,17)/t10-/m0/s1. The van der Waals surface area contributed by atoms with Crippen molar-refractivity contribution < 1.29 is 9.18 Å². The Bertz CT molecular complexity index is 487. The fraction of sp³-hybridized carbons (Fsp3) is 0.417. The molecule has 1 saturated carbocycles. The molecule has 1 atom stereocenters. The molecule has 3 nitrogen and oxygen atoms in total. The lowest BCUT2D eigenvalue weighted by atomic mass is 9.85. The minimum atomic E-state index is -0.576. The van der Waals surface area contributed by atoms with Gasteiger partial charge in [0, 0.05) is 10.0 Å². The zero-order valence-corrected chi connectivity index (χ0v) is 10.7. The number of benzene rings is 1. The Morgan fingerprint density at radius 1 is 1.41 bits per heavy atom. The first-order valence-electron chi connectivity index (χ1n) is 5.64. The minimum Gasteiger partial charge on any atom is -0.336 e. The summed E-state index contributed by atoms with van der Waals surface area (Å²) in [6.07, 6.45) is 2.94. The van der Waals surface area contributed by atoms with Crippen molar-refractivity contribution in [2.45, 2.75) is 31.0 Å². The minimum absolute atomic E-state index is 0.137. The maximum atomic E-state index is 13.7. The summed E-state index contributed by atoms with van der Waals surface area (Å²) in [7, 11) is 0. The predicted octanol–water partition coefficient (Wildman–Crippen LogP) is 2.23. The zero-order valence-electron chi connectivity index (χ0n) is 9.09. The molecule has 17 heavy (non-hydrogen) atoms. The highest BCUT2D eigenvalue weighted by Gasteiger charge is 2.48. The van der Waals surface area contributed by atoms with Crippen LogP contribution in [-0.2, 0) is 4.79 Å². The van der Waals surface area contributed by atoms with Crippen LogP contribution >= 0.6 is 15.9 Å². The maximum absolute atomic E-state index is 13.7. The molecule has 2 aliphatic rings. The van der Waals surface area contributed by atoms with Crippen LogP contribution in [0.4, 0.5) is 4.39 Å². The van der Waals surface area contributed by atoms with Gasteiger partial charge in [-0.1, -0.05) is 15.9 Å². The Hall–Kier alpha value is -0.940. The third-order valence-electron chi connectivity index (χ3n) is 3.52. The van der Waals surface area contributed by atoms with Crippen LogP contribution in [0.3, 0.4) is 0 Å². The van der Waals surface area contributed by atoms with E-state index in [1.165, 1.54) is 6.07 Å². The summed E-state index contributed by atoms with van der Waals surface area (Å²) in [6, 6.07) is 4.09. The van der Waals surface area contributed by atoms with E-state index in [0.717, 1.165) is 23.7 Å². The first kappa shape index (κ1) is 11.2. The number of halogens is 2. The first-order chi connectivity index (χ1) is 8.10. The molecule has 1 aliphatic heterocycles. The second kappa shape index (κ2) is 3.78. The highest BCUT2D eigenvalue weighted by Crippen LogP contribution is 2.37. The molecule has 0 radical (unpaired) electrons. The number of rotatable bonds is 1. The smallest absolute Gasteiger partial charge is 0.243 e. The number of carbonyl (C=O) groups excluding carboxylic acids is 1. The molecular weight excluding hydrogens is 287 g/mol. The summed E-state index contributed by atoms with van der Waals surface area (Å²) in [5.41, 5.74) is 0.122. The van der Waals surface area contributed by atoms with Gasteiger partial charge in [0.1, 0.15) is 11.9 Å². The average Bonchev–Trinajstić information content (AvgIpc) is 2.60. The van der Waals surface area contributed by atoms with Crippen molar-refractivity contribution in [3.8, 4) is 0 Å². The van der Waals surface area contributed by atoms with E-state index < -0.39 is 6.04 Å². The van der Waals surface area contributed by atoms with Gasteiger partial charge in [0.15, 0.2) is 0 Å². The number of hydrogen-bond acceptors (Lipinski definition) is 2. The Morgan fingerprint density at radius 3 is 2.76 bits per heavy atom. The van der Waals surface area contributed by atoms with Crippen LogP contribution in [0.15, 0.2) is 22.7 Å². The molecule has 1 aromatic carbocycles. The van der Waals surface area contributed by atoms with Gasteiger partial charge in [-0.25, -0.2) is 4.39 Å². The van der Waals surface area contributed by atoms with Crippen molar-refractivity contribution in [3.05, 3.63) is 34.1 Å². The molecule has 1 heterocycles. The van der Waals surface area contributed by atoms with Crippen molar-refractivity contribution in [2.75, 3.05) is 0 Å². The molecule has 1 aromatic rings. The molecule has 1 amide bonds. The van der Waals surface area contributed by atoms with Crippen LogP contribution in [-0.4, -0.2) is 11.6 Å². The van der Waals surface area contributed by atoms with Gasteiger partial charge in [-0.05, 0) is 37.5 Å². The molecule has 3 rings (SSSR count). The van der Waals surface area contributed by atoms with Gasteiger partial charge in [-0.15, -0.1) is 0 Å². The van der Waals surface area contributed by atoms with Gasteiger partial charge in [0.2, 0.25) is 5.91 Å². The molecule has 1 aliphatic carbocycles. The monoisotopic (exact) mass is 298 g/mol. The van der Waals surface area contributed by atoms with E-state index in [9.17, 15) is 9.18 Å². The van der Waals surface area contributed by atoms with Crippen molar-refractivity contribution in [1.82, 2.24) is 10.6 Å².